The van der Waals surface area contributed by atoms with Crippen molar-refractivity contribution in [1.82, 2.24) is 5.32 Å². The molecule has 0 bridgehead atoms. The third kappa shape index (κ3) is 3.99. The van der Waals surface area contributed by atoms with E-state index in [-0.39, 0.29) is 18.1 Å². The van der Waals surface area contributed by atoms with Crippen LogP contribution in [0, 0.1) is 5.92 Å². The molecule has 1 fully saturated rings. The average molecular weight is 234 g/mol. The zero-order valence-corrected chi connectivity index (χ0v) is 10.2. The summed E-state index contributed by atoms with van der Waals surface area (Å²) in [4.78, 5) is 11.8. The van der Waals surface area contributed by atoms with Crippen LogP contribution in [-0.2, 0) is 9.53 Å². The summed E-state index contributed by atoms with van der Waals surface area (Å²) in [5.74, 6) is 1.02. The minimum Gasteiger partial charge on any atom is -0.368 e. The highest BCUT2D eigenvalue weighted by Crippen LogP contribution is 2.20. The molecular formula is C11H20ClNO2. The second kappa shape index (κ2) is 6.33. The monoisotopic (exact) mass is 233 g/mol. The van der Waals surface area contributed by atoms with Crippen LogP contribution in [0.2, 0.25) is 0 Å². The number of carbonyl (C=O) groups excluding carboxylic acids is 1. The molecule has 4 heteroatoms. The quantitative estimate of drug-likeness (QED) is 0.737. The van der Waals surface area contributed by atoms with Crippen LogP contribution in [0.5, 0.6) is 0 Å². The number of carbonyl (C=O) groups is 1. The lowest BCUT2D eigenvalue weighted by molar-refractivity contribution is -0.132. The second-order valence-electron chi connectivity index (χ2n) is 4.30. The lowest BCUT2D eigenvalue weighted by atomic mass is 10.0. The van der Waals surface area contributed by atoms with E-state index in [2.05, 4.69) is 12.2 Å². The second-order valence-corrected chi connectivity index (χ2v) is 4.68. The van der Waals surface area contributed by atoms with Gasteiger partial charge in [0.15, 0.2) is 0 Å². The van der Waals surface area contributed by atoms with E-state index in [0.717, 1.165) is 19.3 Å². The van der Waals surface area contributed by atoms with Crippen molar-refractivity contribution in [2.75, 3.05) is 12.5 Å². The maximum Gasteiger partial charge on any atom is 0.249 e. The summed E-state index contributed by atoms with van der Waals surface area (Å²) in [5.41, 5.74) is 0. The van der Waals surface area contributed by atoms with Gasteiger partial charge in [-0.1, -0.05) is 6.92 Å². The third-order valence-corrected chi connectivity index (χ3v) is 3.07. The minimum atomic E-state index is -0.247. The van der Waals surface area contributed by atoms with Crippen LogP contribution < -0.4 is 5.32 Å². The molecule has 0 spiro atoms. The lowest BCUT2D eigenvalue weighted by Gasteiger charge is -2.18. The van der Waals surface area contributed by atoms with E-state index in [1.165, 1.54) is 0 Å². The highest BCUT2D eigenvalue weighted by atomic mass is 35.5. The van der Waals surface area contributed by atoms with Gasteiger partial charge in [-0.3, -0.25) is 4.79 Å². The fraction of sp³-hybridized carbons (Fsp3) is 0.909. The third-order valence-electron chi connectivity index (χ3n) is 2.81. The fourth-order valence-corrected chi connectivity index (χ4v) is 1.97. The van der Waals surface area contributed by atoms with Crippen molar-refractivity contribution in [3.8, 4) is 0 Å². The highest BCUT2D eigenvalue weighted by Gasteiger charge is 2.31. The van der Waals surface area contributed by atoms with Crippen LogP contribution >= 0.6 is 11.6 Å². The molecule has 3 unspecified atom stereocenters. The maximum atomic E-state index is 11.8. The van der Waals surface area contributed by atoms with Gasteiger partial charge < -0.3 is 10.1 Å². The minimum absolute atomic E-state index is 0.0297. The predicted molar refractivity (Wildman–Crippen MR) is 61.1 cm³/mol. The van der Waals surface area contributed by atoms with Crippen molar-refractivity contribution in [3.05, 3.63) is 0 Å². The molecule has 1 saturated heterocycles. The number of halogens is 1. The summed E-state index contributed by atoms with van der Waals surface area (Å²) in [6, 6.07) is 0.188. The van der Waals surface area contributed by atoms with Crippen LogP contribution in [0.15, 0.2) is 0 Å². The molecule has 0 saturated carbocycles. The van der Waals surface area contributed by atoms with Gasteiger partial charge in [-0.25, -0.2) is 0 Å². The SMILES string of the molecule is CC(CCCCl)NC(=O)C1OCCC1C. The van der Waals surface area contributed by atoms with E-state index in [4.69, 9.17) is 16.3 Å². The molecule has 0 aromatic heterocycles. The van der Waals surface area contributed by atoms with Crippen LogP contribution in [0.4, 0.5) is 0 Å². The van der Waals surface area contributed by atoms with Crippen LogP contribution in [-0.4, -0.2) is 30.5 Å². The Kier molecular flexibility index (Phi) is 5.40. The van der Waals surface area contributed by atoms with Crippen molar-refractivity contribution in [3.63, 3.8) is 0 Å². The number of alkyl halides is 1. The van der Waals surface area contributed by atoms with E-state index in [1.54, 1.807) is 0 Å². The van der Waals surface area contributed by atoms with E-state index in [9.17, 15) is 4.79 Å². The predicted octanol–water partition coefficient (Wildman–Crippen LogP) is 1.94. The Morgan fingerprint density at radius 2 is 2.40 bits per heavy atom. The van der Waals surface area contributed by atoms with Gasteiger partial charge in [-0.2, -0.15) is 0 Å². The molecule has 1 heterocycles. The van der Waals surface area contributed by atoms with E-state index in [0.29, 0.717) is 18.4 Å². The summed E-state index contributed by atoms with van der Waals surface area (Å²) < 4.78 is 5.39. The first-order chi connectivity index (χ1) is 7.15. The zero-order valence-electron chi connectivity index (χ0n) is 9.46. The highest BCUT2D eigenvalue weighted by molar-refractivity contribution is 6.17. The Morgan fingerprint density at radius 3 is 2.93 bits per heavy atom. The molecule has 3 nitrogen and oxygen atoms in total. The van der Waals surface area contributed by atoms with Crippen molar-refractivity contribution in [2.24, 2.45) is 5.92 Å². The molecule has 0 aromatic carbocycles. The number of nitrogens with one attached hydrogen (secondary N) is 1. The molecule has 1 rings (SSSR count). The van der Waals surface area contributed by atoms with E-state index < -0.39 is 0 Å². The smallest absolute Gasteiger partial charge is 0.249 e. The Hall–Kier alpha value is -0.280. The molecule has 1 aliphatic heterocycles. The molecule has 0 aliphatic carbocycles. The number of hydrogen-bond donors (Lipinski definition) is 1. The van der Waals surface area contributed by atoms with Gasteiger partial charge in [0.1, 0.15) is 6.10 Å². The number of ether oxygens (including phenoxy) is 1. The van der Waals surface area contributed by atoms with Crippen molar-refractivity contribution < 1.29 is 9.53 Å². The fourth-order valence-electron chi connectivity index (χ4n) is 1.81. The van der Waals surface area contributed by atoms with E-state index >= 15 is 0 Å². The van der Waals surface area contributed by atoms with Gasteiger partial charge in [0, 0.05) is 18.5 Å². The van der Waals surface area contributed by atoms with Gasteiger partial charge in [-0.05, 0) is 32.1 Å². The Labute approximate surface area is 96.5 Å². The topological polar surface area (TPSA) is 38.3 Å². The van der Waals surface area contributed by atoms with Crippen LogP contribution in [0.3, 0.4) is 0 Å². The summed E-state index contributed by atoms with van der Waals surface area (Å²) in [5, 5.41) is 2.96. The summed E-state index contributed by atoms with van der Waals surface area (Å²) in [6.45, 7) is 4.76. The van der Waals surface area contributed by atoms with Crippen molar-refractivity contribution in [1.29, 1.82) is 0 Å². The summed E-state index contributed by atoms with van der Waals surface area (Å²) in [7, 11) is 0. The summed E-state index contributed by atoms with van der Waals surface area (Å²) in [6.07, 6.45) is 2.60. The Morgan fingerprint density at radius 1 is 1.67 bits per heavy atom. The van der Waals surface area contributed by atoms with Gasteiger partial charge in [0.05, 0.1) is 0 Å². The standard InChI is InChI=1S/C11H20ClNO2/c1-8-5-7-15-10(8)11(14)13-9(2)4-3-6-12/h8-10H,3-7H2,1-2H3,(H,13,14). The number of rotatable bonds is 5. The normalized spacial score (nSPS) is 27.7. The van der Waals surface area contributed by atoms with Crippen molar-refractivity contribution in [2.45, 2.75) is 45.3 Å². The van der Waals surface area contributed by atoms with E-state index in [1.807, 2.05) is 6.92 Å². The molecular weight excluding hydrogens is 214 g/mol. The van der Waals surface area contributed by atoms with Gasteiger partial charge in [-0.15, -0.1) is 11.6 Å². The molecule has 1 N–H and O–H groups in total. The average Bonchev–Trinajstić information content (AvgIpc) is 2.61. The molecule has 88 valence electrons. The van der Waals surface area contributed by atoms with Crippen LogP contribution in [0.25, 0.3) is 0 Å². The first-order valence-corrected chi connectivity index (χ1v) is 6.16. The molecule has 0 radical (unpaired) electrons. The zero-order chi connectivity index (χ0) is 11.3. The van der Waals surface area contributed by atoms with Gasteiger partial charge >= 0.3 is 0 Å². The molecule has 3 atom stereocenters. The molecule has 1 aliphatic rings. The number of amides is 1. The lowest BCUT2D eigenvalue weighted by Crippen LogP contribution is -2.41. The molecule has 0 aromatic rings. The maximum absolute atomic E-state index is 11.8. The van der Waals surface area contributed by atoms with Gasteiger partial charge in [0.25, 0.3) is 0 Å². The Balaban J connectivity index is 2.28. The Bertz CT molecular complexity index is 211. The van der Waals surface area contributed by atoms with Crippen LogP contribution in [0.1, 0.15) is 33.1 Å². The van der Waals surface area contributed by atoms with Crippen molar-refractivity contribution >= 4 is 17.5 Å². The molecule has 1 amide bonds. The first kappa shape index (κ1) is 12.8. The first-order valence-electron chi connectivity index (χ1n) is 5.63. The summed E-state index contributed by atoms with van der Waals surface area (Å²) >= 11 is 5.60. The molecule has 15 heavy (non-hydrogen) atoms. The van der Waals surface area contributed by atoms with Gasteiger partial charge in [0.2, 0.25) is 5.91 Å². The largest absolute Gasteiger partial charge is 0.368 e. The number of hydrogen-bond acceptors (Lipinski definition) is 2.